The number of nitrogens with two attached hydrogens (primary N) is 1. The number of hydrogen-bond acceptors (Lipinski definition) is 11. The molecule has 0 fully saturated rings. The first-order valence-electron chi connectivity index (χ1n) is 21.3. The molecule has 0 aromatic carbocycles. The van der Waals surface area contributed by atoms with Crippen molar-refractivity contribution in [2.45, 2.75) is 164 Å². The number of carboxylic acid groups (broad SMARTS) is 1. The summed E-state index contributed by atoms with van der Waals surface area (Å²) in [5, 5.41) is 39.8. The van der Waals surface area contributed by atoms with Gasteiger partial charge < -0.3 is 58.5 Å². The summed E-state index contributed by atoms with van der Waals surface area (Å²) in [6.45, 7) is 19.4. The molecule has 20 nitrogen and oxygen atoms in total. The Hall–Kier alpha value is -4.85. The molecule has 0 bridgehead atoms. The molecule has 0 aromatic heterocycles. The molecule has 61 heavy (non-hydrogen) atoms. The average molecular weight is 870 g/mol. The van der Waals surface area contributed by atoms with Gasteiger partial charge in [-0.15, -0.1) is 0 Å². The topological polar surface area (TPSA) is 316 Å². The molecular weight excluding hydrogens is 795 g/mol. The third-order valence-electron chi connectivity index (χ3n) is 10.2. The molecule has 0 aromatic rings. The zero-order valence-electron chi connectivity index (χ0n) is 38.1. The second-order valence-corrected chi connectivity index (χ2v) is 17.1. The molecule has 0 rings (SSSR count). The highest BCUT2D eigenvalue weighted by atomic mass is 16.4. The van der Waals surface area contributed by atoms with Crippen LogP contribution in [0, 0.1) is 29.6 Å². The fourth-order valence-corrected chi connectivity index (χ4v) is 5.92. The van der Waals surface area contributed by atoms with E-state index < -0.39 is 121 Å². The zero-order chi connectivity index (χ0) is 47.3. The Balaban J connectivity index is 5.59. The molecule has 0 aliphatic rings. The van der Waals surface area contributed by atoms with E-state index >= 15 is 0 Å². The highest BCUT2D eigenvalue weighted by molar-refractivity contribution is 5.96. The lowest BCUT2D eigenvalue weighted by atomic mass is 9.96. The lowest BCUT2D eigenvalue weighted by Crippen LogP contribution is -2.61. The number of hydrogen-bond donors (Lipinski definition) is 11. The Morgan fingerprint density at radius 2 is 0.984 bits per heavy atom. The molecule has 0 heterocycles. The summed E-state index contributed by atoms with van der Waals surface area (Å²) in [5.41, 5.74) is 6.06. The van der Waals surface area contributed by atoms with Crippen molar-refractivity contribution in [1.29, 1.82) is 0 Å². The molecular formula is C41H75N9O11. The summed E-state index contributed by atoms with van der Waals surface area (Å²) in [6.07, 6.45) is 0.143. The molecule has 0 radical (unpaired) electrons. The van der Waals surface area contributed by atoms with Crippen molar-refractivity contribution < 1.29 is 53.4 Å². The molecule has 12 N–H and O–H groups in total. The van der Waals surface area contributed by atoms with Gasteiger partial charge in [-0.05, 0) is 56.3 Å². The lowest BCUT2D eigenvalue weighted by Gasteiger charge is -2.29. The maximum absolute atomic E-state index is 13.6. The number of rotatable bonds is 28. The first kappa shape index (κ1) is 56.1. The summed E-state index contributed by atoms with van der Waals surface area (Å²) in [5.74, 6) is -7.95. The van der Waals surface area contributed by atoms with Gasteiger partial charge in [-0.1, -0.05) is 82.1 Å². The Bertz CT molecular complexity index is 1490. The first-order chi connectivity index (χ1) is 28.2. The van der Waals surface area contributed by atoms with Gasteiger partial charge in [-0.3, -0.25) is 38.4 Å². The fraction of sp³-hybridized carbons (Fsp3) is 0.780. The van der Waals surface area contributed by atoms with Gasteiger partial charge in [0, 0.05) is 12.5 Å². The minimum Gasteiger partial charge on any atom is -0.480 e. The second kappa shape index (κ2) is 27.9. The highest BCUT2D eigenvalue weighted by Crippen LogP contribution is 2.13. The summed E-state index contributed by atoms with van der Waals surface area (Å²) < 4.78 is 0. The highest BCUT2D eigenvalue weighted by Gasteiger charge is 2.35. The molecule has 20 heteroatoms. The Kier molecular flexibility index (Phi) is 25.7. The molecule has 0 aliphatic heterocycles. The number of carbonyl (C=O) groups is 9. The van der Waals surface area contributed by atoms with Crippen molar-refractivity contribution in [3.63, 3.8) is 0 Å². The van der Waals surface area contributed by atoms with Gasteiger partial charge in [0.05, 0.1) is 19.2 Å². The van der Waals surface area contributed by atoms with Crippen LogP contribution < -0.4 is 48.3 Å². The van der Waals surface area contributed by atoms with Crippen LogP contribution in [0.2, 0.25) is 0 Å². The van der Waals surface area contributed by atoms with Crippen molar-refractivity contribution in [2.24, 2.45) is 35.3 Å². The monoisotopic (exact) mass is 870 g/mol. The van der Waals surface area contributed by atoms with Crippen LogP contribution in [0.1, 0.15) is 115 Å². The second-order valence-electron chi connectivity index (χ2n) is 17.1. The average Bonchev–Trinajstić information content (AvgIpc) is 3.16. The minimum absolute atomic E-state index is 0.0337. The normalized spacial score (nSPS) is 16.3. The number of aliphatic hydroxyl groups is 1. The van der Waals surface area contributed by atoms with Gasteiger partial charge in [0.25, 0.3) is 0 Å². The predicted molar refractivity (Wildman–Crippen MR) is 228 cm³/mol. The molecule has 350 valence electrons. The van der Waals surface area contributed by atoms with Crippen LogP contribution in [0.3, 0.4) is 0 Å². The van der Waals surface area contributed by atoms with Crippen LogP contribution >= 0.6 is 0 Å². The van der Waals surface area contributed by atoms with E-state index in [1.807, 2.05) is 27.7 Å². The smallest absolute Gasteiger partial charge is 0.326 e. The van der Waals surface area contributed by atoms with E-state index in [1.165, 1.54) is 13.8 Å². The van der Waals surface area contributed by atoms with Crippen molar-refractivity contribution in [2.75, 3.05) is 13.1 Å². The van der Waals surface area contributed by atoms with Gasteiger partial charge in [0.1, 0.15) is 36.3 Å². The van der Waals surface area contributed by atoms with E-state index in [9.17, 15) is 53.4 Å². The standard InChI is InChI=1S/C41H75N9O11/c1-13-23(9)27(42)17-30(52)45-25(11)36(55)46-28(15-20(3)4)37(56)44-18-31(53)43-19-32(54)48-34(24(10)14-2)39(58)47-29(16-21(5)6)38(57)50-35(26(12)51)40(59)49-33(22(7)8)41(60)61/h20-29,33-35,51H,13-19,42H2,1-12H3,(H,43,53)(H,44,56)(H,45,52)(H,46,55)(H,47,58)(H,48,54)(H,49,59)(H,50,57)(H,60,61)/t23-,24-,25-,26+,27+,28-,29-,33-,34-,35-/m0/s1. The van der Waals surface area contributed by atoms with Crippen LogP contribution in [0.25, 0.3) is 0 Å². The molecule has 0 aliphatic carbocycles. The Morgan fingerprint density at radius 3 is 1.46 bits per heavy atom. The number of aliphatic hydroxyl groups excluding tert-OH is 1. The van der Waals surface area contributed by atoms with Crippen LogP contribution in [-0.2, 0) is 43.2 Å². The molecule has 0 unspecified atom stereocenters. The third-order valence-corrected chi connectivity index (χ3v) is 10.2. The van der Waals surface area contributed by atoms with Crippen LogP contribution in [0.5, 0.6) is 0 Å². The molecule has 8 amide bonds. The van der Waals surface area contributed by atoms with E-state index in [2.05, 4.69) is 42.5 Å². The van der Waals surface area contributed by atoms with Crippen LogP contribution in [-0.4, -0.2) is 125 Å². The summed E-state index contributed by atoms with van der Waals surface area (Å²) in [4.78, 5) is 116. The van der Waals surface area contributed by atoms with Gasteiger partial charge in [0.2, 0.25) is 47.3 Å². The summed E-state index contributed by atoms with van der Waals surface area (Å²) in [6, 6.07) is -7.61. The van der Waals surface area contributed by atoms with E-state index in [0.29, 0.717) is 6.42 Å². The van der Waals surface area contributed by atoms with Crippen molar-refractivity contribution in [3.05, 3.63) is 0 Å². The Morgan fingerprint density at radius 1 is 0.508 bits per heavy atom. The zero-order valence-corrected chi connectivity index (χ0v) is 38.1. The van der Waals surface area contributed by atoms with Crippen LogP contribution in [0.15, 0.2) is 0 Å². The lowest BCUT2D eigenvalue weighted by molar-refractivity contribution is -0.144. The largest absolute Gasteiger partial charge is 0.480 e. The number of carboxylic acids is 1. The van der Waals surface area contributed by atoms with E-state index in [0.717, 1.165) is 6.42 Å². The quantitative estimate of drug-likeness (QED) is 0.0459. The maximum atomic E-state index is 13.6. The number of amides is 8. The number of carbonyl (C=O) groups excluding carboxylic acids is 8. The Labute approximate surface area is 360 Å². The minimum atomic E-state index is -1.55. The molecule has 0 spiro atoms. The van der Waals surface area contributed by atoms with E-state index in [4.69, 9.17) is 5.73 Å². The van der Waals surface area contributed by atoms with Crippen molar-refractivity contribution in [3.8, 4) is 0 Å². The molecule has 0 saturated heterocycles. The van der Waals surface area contributed by atoms with Crippen molar-refractivity contribution in [1.82, 2.24) is 42.5 Å². The summed E-state index contributed by atoms with van der Waals surface area (Å²) >= 11 is 0. The van der Waals surface area contributed by atoms with Gasteiger partial charge in [-0.2, -0.15) is 0 Å². The molecule has 10 atom stereocenters. The predicted octanol–water partition coefficient (Wildman–Crippen LogP) is -0.829. The van der Waals surface area contributed by atoms with Gasteiger partial charge in [0.15, 0.2) is 0 Å². The SMILES string of the molecule is CC[C@H](C)[C@H](N)CC(=O)N[C@@H](C)C(=O)N[C@@H](CC(C)C)C(=O)NCC(=O)NCC(=O)N[C@H](C(=O)N[C@@H](CC(C)C)C(=O)N[C@H](C(=O)N[C@H](C(=O)O)C(C)C)[C@@H](C)O)[C@@H](C)CC. The number of nitrogens with one attached hydrogen (secondary N) is 8. The van der Waals surface area contributed by atoms with E-state index in [-0.39, 0.29) is 43.1 Å². The first-order valence-corrected chi connectivity index (χ1v) is 21.3. The summed E-state index contributed by atoms with van der Waals surface area (Å²) in [7, 11) is 0. The maximum Gasteiger partial charge on any atom is 0.326 e. The number of aliphatic carboxylic acids is 1. The van der Waals surface area contributed by atoms with Gasteiger partial charge >= 0.3 is 5.97 Å². The van der Waals surface area contributed by atoms with Crippen LogP contribution in [0.4, 0.5) is 0 Å². The molecule has 0 saturated carbocycles. The third kappa shape index (κ3) is 21.5. The fourth-order valence-electron chi connectivity index (χ4n) is 5.92. The van der Waals surface area contributed by atoms with Crippen molar-refractivity contribution >= 4 is 53.2 Å². The van der Waals surface area contributed by atoms with E-state index in [1.54, 1.807) is 41.5 Å². The van der Waals surface area contributed by atoms with Gasteiger partial charge in [-0.25, -0.2) is 4.79 Å².